The number of carbonyl (C=O) groups is 2. The van der Waals surface area contributed by atoms with E-state index in [1.165, 1.54) is 6.92 Å². The van der Waals surface area contributed by atoms with Crippen molar-refractivity contribution in [1.82, 2.24) is 4.90 Å². The van der Waals surface area contributed by atoms with E-state index in [1.54, 1.807) is 0 Å². The van der Waals surface area contributed by atoms with Crippen LogP contribution in [-0.4, -0.2) is 48.3 Å². The molecule has 0 aliphatic carbocycles. The summed E-state index contributed by atoms with van der Waals surface area (Å²) >= 11 is 5.78. The minimum absolute atomic E-state index is 0.0354. The average molecular weight is 336 g/mol. The molecule has 0 aromatic heterocycles. The molecule has 118 valence electrons. The molecule has 2 heterocycles. The molecule has 21 heavy (non-hydrogen) atoms. The van der Waals surface area contributed by atoms with Crippen LogP contribution in [0.5, 0.6) is 0 Å². The van der Waals surface area contributed by atoms with Gasteiger partial charge >= 0.3 is 5.97 Å². The SMILES string of the molecule is CCCCCOC(=O)C1=C(C)CS(=O)(=O)[C@@H]2[C@@H](Cl)C(=O)N12. The van der Waals surface area contributed by atoms with Gasteiger partial charge < -0.3 is 4.74 Å². The van der Waals surface area contributed by atoms with Crippen molar-refractivity contribution in [2.45, 2.75) is 43.9 Å². The number of nitrogens with zero attached hydrogens (tertiary/aromatic N) is 1. The van der Waals surface area contributed by atoms with Crippen LogP contribution in [0.25, 0.3) is 0 Å². The molecule has 2 aliphatic rings. The summed E-state index contributed by atoms with van der Waals surface area (Å²) in [5.41, 5.74) is 0.358. The number of hydrogen-bond acceptors (Lipinski definition) is 5. The summed E-state index contributed by atoms with van der Waals surface area (Å²) in [5.74, 6) is -1.49. The molecule has 2 rings (SSSR count). The number of β-lactam (4-membered cyclic amide) rings is 1. The number of fused-ring (bicyclic) bond motifs is 1. The smallest absolute Gasteiger partial charge is 0.355 e. The summed E-state index contributed by atoms with van der Waals surface area (Å²) in [7, 11) is -3.54. The normalized spacial score (nSPS) is 27.2. The van der Waals surface area contributed by atoms with Crippen LogP contribution >= 0.6 is 11.6 Å². The fraction of sp³-hybridized carbons (Fsp3) is 0.692. The van der Waals surface area contributed by atoms with Crippen LogP contribution in [0, 0.1) is 0 Å². The number of amides is 1. The van der Waals surface area contributed by atoms with E-state index in [-0.39, 0.29) is 18.1 Å². The third-order valence-corrected chi connectivity index (χ3v) is 6.21. The van der Waals surface area contributed by atoms with Gasteiger partial charge in [-0.05, 0) is 18.9 Å². The highest BCUT2D eigenvalue weighted by molar-refractivity contribution is 7.92. The molecule has 1 fully saturated rings. The molecule has 0 spiro atoms. The average Bonchev–Trinajstić information content (AvgIpc) is 2.41. The van der Waals surface area contributed by atoms with Crippen LogP contribution in [0.3, 0.4) is 0 Å². The van der Waals surface area contributed by atoms with Gasteiger partial charge in [-0.15, -0.1) is 11.6 Å². The Labute approximate surface area is 129 Å². The van der Waals surface area contributed by atoms with E-state index in [2.05, 4.69) is 0 Å². The Morgan fingerprint density at radius 2 is 2.10 bits per heavy atom. The van der Waals surface area contributed by atoms with Crippen LogP contribution in [-0.2, 0) is 24.2 Å². The van der Waals surface area contributed by atoms with E-state index < -0.39 is 32.5 Å². The largest absolute Gasteiger partial charge is 0.461 e. The summed E-state index contributed by atoms with van der Waals surface area (Å²) in [6.45, 7) is 3.81. The Morgan fingerprint density at radius 1 is 1.43 bits per heavy atom. The summed E-state index contributed by atoms with van der Waals surface area (Å²) in [6.07, 6.45) is 2.68. The number of alkyl halides is 1. The van der Waals surface area contributed by atoms with Gasteiger partial charge in [-0.3, -0.25) is 9.69 Å². The Bertz CT molecular complexity index is 598. The summed E-state index contributed by atoms with van der Waals surface area (Å²) < 4.78 is 29.2. The van der Waals surface area contributed by atoms with Crippen LogP contribution in [0.4, 0.5) is 0 Å². The number of esters is 1. The molecule has 1 amide bonds. The first-order valence-corrected chi connectivity index (χ1v) is 9.02. The molecular formula is C13H18ClNO5S. The Balaban J connectivity index is 2.18. The van der Waals surface area contributed by atoms with Gasteiger partial charge in [0.05, 0.1) is 12.4 Å². The number of rotatable bonds is 5. The Kier molecular flexibility index (Phi) is 4.63. The molecule has 0 unspecified atom stereocenters. The van der Waals surface area contributed by atoms with Crippen molar-refractivity contribution in [2.24, 2.45) is 0 Å². The minimum atomic E-state index is -3.54. The van der Waals surface area contributed by atoms with Crippen molar-refractivity contribution in [2.75, 3.05) is 12.4 Å². The maximum Gasteiger partial charge on any atom is 0.355 e. The molecule has 0 saturated carbocycles. The van der Waals surface area contributed by atoms with E-state index in [0.29, 0.717) is 5.57 Å². The van der Waals surface area contributed by atoms with Gasteiger partial charge in [0.25, 0.3) is 0 Å². The van der Waals surface area contributed by atoms with Crippen LogP contribution in [0.2, 0.25) is 0 Å². The second-order valence-electron chi connectivity index (χ2n) is 5.28. The predicted molar refractivity (Wildman–Crippen MR) is 77.2 cm³/mol. The van der Waals surface area contributed by atoms with Gasteiger partial charge in [-0.2, -0.15) is 0 Å². The van der Waals surface area contributed by atoms with Gasteiger partial charge in [0, 0.05) is 0 Å². The number of hydrogen-bond donors (Lipinski definition) is 0. The molecule has 6 nitrogen and oxygen atoms in total. The molecule has 0 aromatic carbocycles. The third-order valence-electron chi connectivity index (χ3n) is 3.58. The standard InChI is InChI=1S/C13H18ClNO5S/c1-3-4-5-6-20-13(17)10-8(2)7-21(18,19)12-9(14)11(16)15(10)12/h9,12H,3-7H2,1-2H3/t9-,12+/m0/s1. The Hall–Kier alpha value is -1.08. The van der Waals surface area contributed by atoms with Gasteiger partial charge in [-0.1, -0.05) is 19.8 Å². The highest BCUT2D eigenvalue weighted by atomic mass is 35.5. The highest BCUT2D eigenvalue weighted by Crippen LogP contribution is 2.39. The van der Waals surface area contributed by atoms with Crippen LogP contribution in [0.15, 0.2) is 11.3 Å². The first-order chi connectivity index (χ1) is 9.81. The second-order valence-corrected chi connectivity index (χ2v) is 7.85. The minimum Gasteiger partial charge on any atom is -0.461 e. The predicted octanol–water partition coefficient (Wildman–Crippen LogP) is 1.20. The van der Waals surface area contributed by atoms with Crippen molar-refractivity contribution in [3.8, 4) is 0 Å². The molecular weight excluding hydrogens is 318 g/mol. The van der Waals surface area contributed by atoms with Gasteiger partial charge in [0.2, 0.25) is 5.91 Å². The van der Waals surface area contributed by atoms with Crippen molar-refractivity contribution in [1.29, 1.82) is 0 Å². The topological polar surface area (TPSA) is 80.8 Å². The second kappa shape index (κ2) is 5.96. The molecule has 0 N–H and O–H groups in total. The summed E-state index contributed by atoms with van der Waals surface area (Å²) in [6, 6.07) is 0. The number of carbonyl (C=O) groups excluding carboxylic acids is 2. The summed E-state index contributed by atoms with van der Waals surface area (Å²) in [5, 5.41) is -2.26. The molecule has 1 saturated heterocycles. The molecule has 0 radical (unpaired) electrons. The Morgan fingerprint density at radius 3 is 2.71 bits per heavy atom. The monoisotopic (exact) mass is 335 g/mol. The zero-order valence-electron chi connectivity index (χ0n) is 12.0. The van der Waals surface area contributed by atoms with E-state index >= 15 is 0 Å². The molecule has 8 heteroatoms. The number of sulfone groups is 1. The van der Waals surface area contributed by atoms with Crippen LogP contribution in [0.1, 0.15) is 33.1 Å². The highest BCUT2D eigenvalue weighted by Gasteiger charge is 2.59. The van der Waals surface area contributed by atoms with Gasteiger partial charge in [0.1, 0.15) is 11.1 Å². The van der Waals surface area contributed by atoms with Crippen molar-refractivity contribution >= 4 is 33.3 Å². The summed E-state index contributed by atoms with van der Waals surface area (Å²) in [4.78, 5) is 24.9. The molecule has 2 aliphatic heterocycles. The van der Waals surface area contributed by atoms with Gasteiger partial charge in [0.15, 0.2) is 15.2 Å². The zero-order chi connectivity index (χ0) is 15.8. The van der Waals surface area contributed by atoms with Crippen molar-refractivity contribution < 1.29 is 22.7 Å². The maximum absolute atomic E-state index is 12.1. The fourth-order valence-electron chi connectivity index (χ4n) is 2.53. The lowest BCUT2D eigenvalue weighted by molar-refractivity contribution is -0.149. The lowest BCUT2D eigenvalue weighted by Gasteiger charge is -2.46. The maximum atomic E-state index is 12.1. The van der Waals surface area contributed by atoms with Crippen LogP contribution < -0.4 is 0 Å². The molecule has 0 aromatic rings. The third kappa shape index (κ3) is 2.81. The van der Waals surface area contributed by atoms with Gasteiger partial charge in [-0.25, -0.2) is 13.2 Å². The number of halogens is 1. The first-order valence-electron chi connectivity index (χ1n) is 6.87. The molecule has 2 atom stereocenters. The number of unbranched alkanes of at least 4 members (excludes halogenated alkanes) is 2. The van der Waals surface area contributed by atoms with E-state index in [9.17, 15) is 18.0 Å². The van der Waals surface area contributed by atoms with E-state index in [4.69, 9.17) is 16.3 Å². The fourth-order valence-corrected chi connectivity index (χ4v) is 5.14. The van der Waals surface area contributed by atoms with E-state index in [0.717, 1.165) is 24.2 Å². The quantitative estimate of drug-likeness (QED) is 0.326. The lowest BCUT2D eigenvalue weighted by Crippen LogP contribution is -2.68. The first kappa shape index (κ1) is 16.3. The van der Waals surface area contributed by atoms with E-state index in [1.807, 2.05) is 6.92 Å². The zero-order valence-corrected chi connectivity index (χ0v) is 13.5. The lowest BCUT2D eigenvalue weighted by atomic mass is 10.1. The number of ether oxygens (including phenoxy) is 1. The molecule has 0 bridgehead atoms. The van der Waals surface area contributed by atoms with Crippen molar-refractivity contribution in [3.63, 3.8) is 0 Å². The van der Waals surface area contributed by atoms with Crippen molar-refractivity contribution in [3.05, 3.63) is 11.3 Å².